The summed E-state index contributed by atoms with van der Waals surface area (Å²) in [5, 5.41) is 13.3. The highest BCUT2D eigenvalue weighted by atomic mass is 19.1. The maximum atomic E-state index is 14.2. The quantitative estimate of drug-likeness (QED) is 0.204. The number of nitrogens with zero attached hydrogens (tertiary/aromatic N) is 1. The van der Waals surface area contributed by atoms with E-state index in [1.165, 1.54) is 44.4 Å². The summed E-state index contributed by atoms with van der Waals surface area (Å²) in [7, 11) is 4.35. The fourth-order valence-corrected chi connectivity index (χ4v) is 4.79. The van der Waals surface area contributed by atoms with E-state index < -0.39 is 23.5 Å². The second kappa shape index (κ2) is 9.89. The summed E-state index contributed by atoms with van der Waals surface area (Å²) < 4.78 is 30.6. The van der Waals surface area contributed by atoms with E-state index in [1.54, 1.807) is 24.3 Å². The van der Waals surface area contributed by atoms with Crippen LogP contribution in [0.3, 0.4) is 0 Å². The first-order valence-electron chi connectivity index (χ1n) is 11.7. The monoisotopic (exact) mass is 513 g/mol. The topological polar surface area (TPSA) is 85.3 Å². The molecular weight excluding hydrogens is 489 g/mol. The number of aliphatic hydroxyl groups is 1. The minimum absolute atomic E-state index is 0.149. The van der Waals surface area contributed by atoms with Crippen molar-refractivity contribution in [2.24, 2.45) is 0 Å². The van der Waals surface area contributed by atoms with Gasteiger partial charge in [0.1, 0.15) is 11.6 Å². The number of methoxy groups -OCH3 is 3. The SMILES string of the molecule is COc1cc(C2/C(=C(\O)c3ccc4ccccc4c3)C(=O)C(=O)N2c2cccc(F)c2)cc(OC)c1OC. The zero-order chi connectivity index (χ0) is 27.0. The average molecular weight is 514 g/mol. The van der Waals surface area contributed by atoms with Crippen molar-refractivity contribution in [2.45, 2.75) is 6.04 Å². The zero-order valence-corrected chi connectivity index (χ0v) is 20.9. The lowest BCUT2D eigenvalue weighted by atomic mass is 9.93. The van der Waals surface area contributed by atoms with E-state index in [2.05, 4.69) is 0 Å². The molecule has 0 bridgehead atoms. The van der Waals surface area contributed by atoms with Crippen LogP contribution in [0.1, 0.15) is 17.2 Å². The van der Waals surface area contributed by atoms with Gasteiger partial charge in [0.05, 0.1) is 32.9 Å². The number of hydrogen-bond donors (Lipinski definition) is 1. The normalized spacial score (nSPS) is 16.6. The van der Waals surface area contributed by atoms with Gasteiger partial charge >= 0.3 is 0 Å². The number of anilines is 1. The number of fused-ring (bicyclic) bond motifs is 1. The summed E-state index contributed by atoms with van der Waals surface area (Å²) >= 11 is 0. The molecule has 0 radical (unpaired) electrons. The van der Waals surface area contributed by atoms with Gasteiger partial charge in [0.25, 0.3) is 11.7 Å². The first-order chi connectivity index (χ1) is 18.4. The van der Waals surface area contributed by atoms with Crippen molar-refractivity contribution >= 4 is 33.9 Å². The Labute approximate surface area is 218 Å². The number of halogens is 1. The zero-order valence-electron chi connectivity index (χ0n) is 20.9. The lowest BCUT2D eigenvalue weighted by molar-refractivity contribution is -0.132. The van der Waals surface area contributed by atoms with E-state index in [1.807, 2.05) is 30.3 Å². The minimum Gasteiger partial charge on any atom is -0.507 e. The average Bonchev–Trinajstić information content (AvgIpc) is 3.21. The number of rotatable bonds is 6. The van der Waals surface area contributed by atoms with Crippen molar-refractivity contribution in [1.82, 2.24) is 0 Å². The Bertz CT molecular complexity index is 1590. The van der Waals surface area contributed by atoms with Crippen LogP contribution in [0.25, 0.3) is 16.5 Å². The third-order valence-electron chi connectivity index (χ3n) is 6.56. The minimum atomic E-state index is -1.11. The fourth-order valence-electron chi connectivity index (χ4n) is 4.79. The van der Waals surface area contributed by atoms with Gasteiger partial charge < -0.3 is 19.3 Å². The summed E-state index contributed by atoms with van der Waals surface area (Å²) in [5.74, 6) is -1.85. The van der Waals surface area contributed by atoms with Crippen LogP contribution in [0.4, 0.5) is 10.1 Å². The maximum Gasteiger partial charge on any atom is 0.300 e. The van der Waals surface area contributed by atoms with Crippen LogP contribution < -0.4 is 19.1 Å². The van der Waals surface area contributed by atoms with E-state index in [4.69, 9.17) is 14.2 Å². The number of amides is 1. The largest absolute Gasteiger partial charge is 0.507 e. The summed E-state index contributed by atoms with van der Waals surface area (Å²) in [6, 6.07) is 20.3. The van der Waals surface area contributed by atoms with E-state index in [0.29, 0.717) is 16.9 Å². The molecule has 1 amide bonds. The molecule has 1 saturated heterocycles. The lowest BCUT2D eigenvalue weighted by Gasteiger charge is -2.26. The molecule has 1 aliphatic rings. The molecule has 38 heavy (non-hydrogen) atoms. The molecule has 0 aliphatic carbocycles. The third-order valence-corrected chi connectivity index (χ3v) is 6.56. The molecule has 192 valence electrons. The predicted molar refractivity (Wildman–Crippen MR) is 141 cm³/mol. The fraction of sp³-hybridized carbons (Fsp3) is 0.133. The number of ether oxygens (including phenoxy) is 3. The Hall–Kier alpha value is -4.85. The summed E-state index contributed by atoms with van der Waals surface area (Å²) in [6.45, 7) is 0. The van der Waals surface area contributed by atoms with Crippen LogP contribution in [-0.4, -0.2) is 38.1 Å². The van der Waals surface area contributed by atoms with Crippen molar-refractivity contribution in [3.63, 3.8) is 0 Å². The van der Waals surface area contributed by atoms with Gasteiger partial charge in [-0.2, -0.15) is 0 Å². The van der Waals surface area contributed by atoms with Crippen molar-refractivity contribution in [1.29, 1.82) is 0 Å². The molecule has 7 nitrogen and oxygen atoms in total. The van der Waals surface area contributed by atoms with E-state index in [-0.39, 0.29) is 28.5 Å². The van der Waals surface area contributed by atoms with Crippen molar-refractivity contribution in [3.05, 3.63) is 101 Å². The highest BCUT2D eigenvalue weighted by molar-refractivity contribution is 6.51. The van der Waals surface area contributed by atoms with Gasteiger partial charge in [-0.15, -0.1) is 0 Å². The first-order valence-corrected chi connectivity index (χ1v) is 11.7. The number of ketones is 1. The molecule has 4 aromatic rings. The van der Waals surface area contributed by atoms with E-state index >= 15 is 0 Å². The third kappa shape index (κ3) is 4.10. The smallest absolute Gasteiger partial charge is 0.300 e. The summed E-state index contributed by atoms with van der Waals surface area (Å²) in [5.41, 5.74) is 0.760. The number of benzene rings is 4. The number of carbonyl (C=O) groups is 2. The molecule has 0 spiro atoms. The van der Waals surface area contributed by atoms with E-state index in [9.17, 15) is 19.1 Å². The Balaban J connectivity index is 1.79. The van der Waals surface area contributed by atoms with Crippen LogP contribution >= 0.6 is 0 Å². The molecule has 0 saturated carbocycles. The van der Waals surface area contributed by atoms with Gasteiger partial charge in [0, 0.05) is 11.3 Å². The number of aliphatic hydroxyl groups excluding tert-OH is 1. The van der Waals surface area contributed by atoms with Crippen LogP contribution in [0.15, 0.2) is 84.4 Å². The Kier molecular flexibility index (Phi) is 6.46. The number of carbonyl (C=O) groups excluding carboxylic acids is 2. The molecule has 8 heteroatoms. The molecule has 1 unspecified atom stereocenters. The Morgan fingerprint density at radius 3 is 2.13 bits per heavy atom. The molecular formula is C30H24FNO6. The van der Waals surface area contributed by atoms with Crippen LogP contribution in [0.5, 0.6) is 17.2 Å². The molecule has 4 aromatic carbocycles. The van der Waals surface area contributed by atoms with Crippen LogP contribution in [-0.2, 0) is 9.59 Å². The highest BCUT2D eigenvalue weighted by Gasteiger charge is 2.47. The standard InChI is InChI=1S/C30H24FNO6/c1-36-23-14-20(15-24(37-2)29(23)38-3)26-25(27(33)19-12-11-17-7-4-5-8-18(17)13-19)28(34)30(35)32(26)22-10-6-9-21(31)16-22/h4-16,26,33H,1-3H3/b27-25+. The molecule has 1 N–H and O–H groups in total. The Morgan fingerprint density at radius 1 is 0.816 bits per heavy atom. The van der Waals surface area contributed by atoms with Gasteiger partial charge in [0.15, 0.2) is 11.5 Å². The lowest BCUT2D eigenvalue weighted by Crippen LogP contribution is -2.29. The van der Waals surface area contributed by atoms with Crippen molar-refractivity contribution in [3.8, 4) is 17.2 Å². The van der Waals surface area contributed by atoms with E-state index in [0.717, 1.165) is 16.8 Å². The number of hydrogen-bond acceptors (Lipinski definition) is 6. The number of Topliss-reactive ketones (excluding diaryl/α,β-unsaturated/α-hetero) is 1. The molecule has 0 aromatic heterocycles. The molecule has 5 rings (SSSR count). The Morgan fingerprint density at radius 2 is 1.50 bits per heavy atom. The van der Waals surface area contributed by atoms with Crippen molar-refractivity contribution in [2.75, 3.05) is 26.2 Å². The summed E-state index contributed by atoms with van der Waals surface area (Å²) in [4.78, 5) is 28.1. The molecule has 1 heterocycles. The summed E-state index contributed by atoms with van der Waals surface area (Å²) in [6.07, 6.45) is 0. The van der Waals surface area contributed by atoms with Gasteiger partial charge in [-0.1, -0.05) is 42.5 Å². The maximum absolute atomic E-state index is 14.2. The molecule has 1 fully saturated rings. The van der Waals surface area contributed by atoms with Gasteiger partial charge in [-0.3, -0.25) is 14.5 Å². The van der Waals surface area contributed by atoms with Crippen molar-refractivity contribution < 1.29 is 33.3 Å². The second-order valence-corrected chi connectivity index (χ2v) is 8.67. The first kappa shape index (κ1) is 24.8. The molecule has 1 aliphatic heterocycles. The van der Waals surface area contributed by atoms with Crippen LogP contribution in [0, 0.1) is 5.82 Å². The predicted octanol–water partition coefficient (Wildman–Crippen LogP) is 5.63. The van der Waals surface area contributed by atoms with Gasteiger partial charge in [0.2, 0.25) is 5.75 Å². The highest BCUT2D eigenvalue weighted by Crippen LogP contribution is 2.47. The van der Waals surface area contributed by atoms with Crippen LogP contribution in [0.2, 0.25) is 0 Å². The second-order valence-electron chi connectivity index (χ2n) is 8.67. The molecule has 1 atom stereocenters. The van der Waals surface area contributed by atoms with Gasteiger partial charge in [-0.25, -0.2) is 4.39 Å². The van der Waals surface area contributed by atoms with Gasteiger partial charge in [-0.05, 0) is 52.7 Å².